The molecule has 1 aliphatic heterocycles. The van der Waals surface area contributed by atoms with Gasteiger partial charge < -0.3 is 15.5 Å². The first-order valence-corrected chi connectivity index (χ1v) is 8.01. The van der Waals surface area contributed by atoms with Gasteiger partial charge in [-0.25, -0.2) is 0 Å². The van der Waals surface area contributed by atoms with Crippen molar-refractivity contribution in [2.75, 3.05) is 23.7 Å². The first-order chi connectivity index (χ1) is 10.6. The zero-order valence-corrected chi connectivity index (χ0v) is 13.4. The minimum Gasteiger partial charge on any atom is -0.376 e. The molecule has 1 fully saturated rings. The lowest BCUT2D eigenvalue weighted by Crippen LogP contribution is -2.45. The fourth-order valence-corrected chi connectivity index (χ4v) is 2.91. The molecular weight excluding hydrogens is 278 g/mol. The number of benzene rings is 1. The van der Waals surface area contributed by atoms with E-state index in [-0.39, 0.29) is 11.8 Å². The van der Waals surface area contributed by atoms with Gasteiger partial charge in [0.1, 0.15) is 0 Å². The van der Waals surface area contributed by atoms with Crippen molar-refractivity contribution in [3.05, 3.63) is 24.3 Å². The fourth-order valence-electron chi connectivity index (χ4n) is 2.91. The van der Waals surface area contributed by atoms with Crippen LogP contribution in [0.15, 0.2) is 24.3 Å². The highest BCUT2D eigenvalue weighted by atomic mass is 16.2. The minimum absolute atomic E-state index is 0.0911. The molecule has 0 aromatic heterocycles. The van der Waals surface area contributed by atoms with Gasteiger partial charge in [0.15, 0.2) is 0 Å². The van der Waals surface area contributed by atoms with E-state index >= 15 is 0 Å². The Kier molecular flexibility index (Phi) is 5.81. The molecule has 5 heteroatoms. The van der Waals surface area contributed by atoms with Crippen molar-refractivity contribution in [1.29, 1.82) is 0 Å². The topological polar surface area (TPSA) is 61.4 Å². The number of likely N-dealkylation sites (tertiary alicyclic amines) is 1. The van der Waals surface area contributed by atoms with E-state index in [4.69, 9.17) is 0 Å². The molecular formula is C17H25N3O2. The van der Waals surface area contributed by atoms with Gasteiger partial charge in [0.05, 0.1) is 6.54 Å². The maximum atomic E-state index is 12.4. The van der Waals surface area contributed by atoms with Crippen LogP contribution < -0.4 is 10.6 Å². The van der Waals surface area contributed by atoms with Crippen LogP contribution >= 0.6 is 0 Å². The van der Waals surface area contributed by atoms with Crippen LogP contribution in [0, 0.1) is 0 Å². The average Bonchev–Trinajstić information content (AvgIpc) is 2.53. The summed E-state index contributed by atoms with van der Waals surface area (Å²) in [6, 6.07) is 7.77. The lowest BCUT2D eigenvalue weighted by Gasteiger charge is -2.35. The van der Waals surface area contributed by atoms with Crippen molar-refractivity contribution in [2.45, 2.75) is 45.6 Å². The third-order valence-electron chi connectivity index (χ3n) is 4.07. The summed E-state index contributed by atoms with van der Waals surface area (Å²) >= 11 is 0. The monoisotopic (exact) mass is 303 g/mol. The van der Waals surface area contributed by atoms with E-state index in [0.717, 1.165) is 37.2 Å². The smallest absolute Gasteiger partial charge is 0.242 e. The number of hydrogen-bond donors (Lipinski definition) is 2. The summed E-state index contributed by atoms with van der Waals surface area (Å²) in [4.78, 5) is 25.3. The van der Waals surface area contributed by atoms with Crippen molar-refractivity contribution in [3.63, 3.8) is 0 Å². The fraction of sp³-hybridized carbons (Fsp3) is 0.529. The molecule has 2 N–H and O–H groups in total. The summed E-state index contributed by atoms with van der Waals surface area (Å²) in [5.74, 6) is 0.0732. The van der Waals surface area contributed by atoms with Gasteiger partial charge in [0, 0.05) is 30.9 Å². The summed E-state index contributed by atoms with van der Waals surface area (Å²) in [5, 5.41) is 5.88. The van der Waals surface area contributed by atoms with Gasteiger partial charge in [-0.15, -0.1) is 0 Å². The predicted molar refractivity (Wildman–Crippen MR) is 88.9 cm³/mol. The Labute approximate surface area is 132 Å². The van der Waals surface area contributed by atoms with Crippen molar-refractivity contribution in [2.24, 2.45) is 0 Å². The molecule has 1 saturated heterocycles. The minimum atomic E-state index is -0.0911. The molecule has 1 unspecified atom stereocenters. The van der Waals surface area contributed by atoms with Crippen molar-refractivity contribution in [3.8, 4) is 0 Å². The number of hydrogen-bond acceptors (Lipinski definition) is 3. The summed E-state index contributed by atoms with van der Waals surface area (Å²) in [5.41, 5.74) is 1.64. The molecule has 5 nitrogen and oxygen atoms in total. The third kappa shape index (κ3) is 4.48. The van der Waals surface area contributed by atoms with Crippen molar-refractivity contribution < 1.29 is 9.59 Å². The second kappa shape index (κ2) is 7.82. The molecule has 22 heavy (non-hydrogen) atoms. The molecule has 2 amide bonds. The Morgan fingerprint density at radius 3 is 2.50 bits per heavy atom. The molecule has 0 bridgehead atoms. The quantitative estimate of drug-likeness (QED) is 0.879. The largest absolute Gasteiger partial charge is 0.376 e. The number of carbonyl (C=O) groups is 2. The number of nitrogens with one attached hydrogen (secondary N) is 2. The number of amides is 2. The molecule has 0 saturated carbocycles. The first-order valence-electron chi connectivity index (χ1n) is 8.01. The van der Waals surface area contributed by atoms with Crippen LogP contribution in [0.25, 0.3) is 0 Å². The third-order valence-corrected chi connectivity index (χ3v) is 4.07. The number of rotatable bonds is 5. The van der Waals surface area contributed by atoms with Gasteiger partial charge in [-0.1, -0.05) is 6.92 Å². The molecule has 120 valence electrons. The molecule has 1 aromatic carbocycles. The number of nitrogens with zero attached hydrogens (tertiary/aromatic N) is 1. The van der Waals surface area contributed by atoms with Gasteiger partial charge in [-0.2, -0.15) is 0 Å². The summed E-state index contributed by atoms with van der Waals surface area (Å²) in [7, 11) is 0. The lowest BCUT2D eigenvalue weighted by molar-refractivity contribution is -0.133. The van der Waals surface area contributed by atoms with Crippen LogP contribution in [0.3, 0.4) is 0 Å². The van der Waals surface area contributed by atoms with E-state index < -0.39 is 0 Å². The van der Waals surface area contributed by atoms with Crippen LogP contribution in [-0.2, 0) is 9.59 Å². The van der Waals surface area contributed by atoms with Crippen LogP contribution in [-0.4, -0.2) is 35.8 Å². The first kappa shape index (κ1) is 16.3. The van der Waals surface area contributed by atoms with E-state index in [1.807, 2.05) is 29.2 Å². The Hall–Kier alpha value is -2.04. The normalized spacial score (nSPS) is 17.9. The average molecular weight is 303 g/mol. The van der Waals surface area contributed by atoms with E-state index in [2.05, 4.69) is 17.6 Å². The Bertz CT molecular complexity index is 513. The Morgan fingerprint density at radius 1 is 1.18 bits per heavy atom. The molecule has 0 spiro atoms. The molecule has 1 aliphatic rings. The van der Waals surface area contributed by atoms with Gasteiger partial charge in [0.2, 0.25) is 11.8 Å². The molecule has 2 rings (SSSR count). The van der Waals surface area contributed by atoms with Crippen LogP contribution in [0.1, 0.15) is 39.5 Å². The lowest BCUT2D eigenvalue weighted by atomic mass is 10.00. The molecule has 1 aromatic rings. The van der Waals surface area contributed by atoms with Gasteiger partial charge in [0.25, 0.3) is 0 Å². The Morgan fingerprint density at radius 2 is 1.86 bits per heavy atom. The molecule has 0 aliphatic carbocycles. The van der Waals surface area contributed by atoms with Gasteiger partial charge in [-0.3, -0.25) is 9.59 Å². The van der Waals surface area contributed by atoms with Gasteiger partial charge >= 0.3 is 0 Å². The number of piperidine rings is 1. The highest BCUT2D eigenvalue weighted by Crippen LogP contribution is 2.20. The van der Waals surface area contributed by atoms with E-state index in [1.165, 1.54) is 13.3 Å². The summed E-state index contributed by atoms with van der Waals surface area (Å²) < 4.78 is 0. The van der Waals surface area contributed by atoms with Crippen LogP contribution in [0.5, 0.6) is 0 Å². The SMILES string of the molecule is CCC1CCCCN1C(=O)CNc1ccc(NC(C)=O)cc1. The predicted octanol–water partition coefficient (Wildman–Crippen LogP) is 2.85. The summed E-state index contributed by atoms with van der Waals surface area (Å²) in [6.07, 6.45) is 4.47. The highest BCUT2D eigenvalue weighted by Gasteiger charge is 2.24. The van der Waals surface area contributed by atoms with Crippen LogP contribution in [0.2, 0.25) is 0 Å². The highest BCUT2D eigenvalue weighted by molar-refractivity contribution is 5.89. The maximum absolute atomic E-state index is 12.4. The summed E-state index contributed by atoms with van der Waals surface area (Å²) in [6.45, 7) is 4.81. The van der Waals surface area contributed by atoms with Gasteiger partial charge in [-0.05, 0) is 49.9 Å². The second-order valence-corrected chi connectivity index (χ2v) is 5.76. The molecule has 1 atom stereocenters. The zero-order chi connectivity index (χ0) is 15.9. The zero-order valence-electron chi connectivity index (χ0n) is 13.4. The van der Waals surface area contributed by atoms with Crippen molar-refractivity contribution in [1.82, 2.24) is 4.90 Å². The maximum Gasteiger partial charge on any atom is 0.242 e. The van der Waals surface area contributed by atoms with Crippen LogP contribution in [0.4, 0.5) is 11.4 Å². The van der Waals surface area contributed by atoms with E-state index in [0.29, 0.717) is 12.6 Å². The number of anilines is 2. The Balaban J connectivity index is 1.86. The second-order valence-electron chi connectivity index (χ2n) is 5.76. The molecule has 1 heterocycles. The standard InChI is InChI=1S/C17H25N3O2/c1-3-16-6-4-5-11-20(16)17(22)12-18-14-7-9-15(10-8-14)19-13(2)21/h7-10,16,18H,3-6,11-12H2,1-2H3,(H,19,21). The molecule has 0 radical (unpaired) electrons. The van der Waals surface area contributed by atoms with E-state index in [1.54, 1.807) is 0 Å². The van der Waals surface area contributed by atoms with Crippen molar-refractivity contribution >= 4 is 23.2 Å². The van der Waals surface area contributed by atoms with E-state index in [9.17, 15) is 9.59 Å². The number of carbonyl (C=O) groups excluding carboxylic acids is 2.